The van der Waals surface area contributed by atoms with E-state index in [0.717, 1.165) is 27.8 Å². The van der Waals surface area contributed by atoms with E-state index in [-0.39, 0.29) is 0 Å². The maximum atomic E-state index is 6.03. The minimum Gasteiger partial charge on any atom is -0.493 e. The van der Waals surface area contributed by atoms with E-state index in [2.05, 4.69) is 31.6 Å². The van der Waals surface area contributed by atoms with Crippen molar-refractivity contribution in [3.05, 3.63) is 67.6 Å². The first-order valence-corrected chi connectivity index (χ1v) is 10.2. The number of halogens is 2. The highest BCUT2D eigenvalue weighted by Crippen LogP contribution is 2.37. The van der Waals surface area contributed by atoms with Gasteiger partial charge in [0.25, 0.3) is 0 Å². The van der Waals surface area contributed by atoms with Gasteiger partial charge in [0.05, 0.1) is 18.1 Å². The van der Waals surface area contributed by atoms with E-state index in [1.807, 2.05) is 43.3 Å². The maximum Gasteiger partial charge on any atom is 0.214 e. The fraction of sp³-hybridized carbons (Fsp3) is 0.263. The third kappa shape index (κ3) is 4.87. The second-order valence-electron chi connectivity index (χ2n) is 6.00. The highest BCUT2D eigenvalue weighted by molar-refractivity contribution is 9.10. The quantitative estimate of drug-likeness (QED) is 0.428. The number of nitrogens with one attached hydrogen (secondary N) is 2. The molecular formula is C19H20BrClN4O2S. The number of aromatic nitrogens is 3. The standard InChI is InChI=1S/C19H20BrClN4O2S/c1-3-17-23-24-19(28)25(17)22-10-13-8-15(20)18(16(9-13)26-2)27-11-12-5-4-6-14(21)7-12/h4-9,22H,3,10-11H2,1-2H3,(H,24,28). The number of aromatic amines is 1. The number of H-pyrrole nitrogens is 1. The molecule has 0 aliphatic carbocycles. The summed E-state index contributed by atoms with van der Waals surface area (Å²) in [6.45, 7) is 2.95. The van der Waals surface area contributed by atoms with Gasteiger partial charge in [-0.2, -0.15) is 5.10 Å². The van der Waals surface area contributed by atoms with Gasteiger partial charge in [0.1, 0.15) is 6.61 Å². The van der Waals surface area contributed by atoms with Crippen LogP contribution >= 0.6 is 39.7 Å². The van der Waals surface area contributed by atoms with Crippen LogP contribution in [0.2, 0.25) is 5.02 Å². The van der Waals surface area contributed by atoms with Gasteiger partial charge in [-0.1, -0.05) is 30.7 Å². The Kier molecular flexibility index (Phi) is 6.98. The average Bonchev–Trinajstić information content (AvgIpc) is 3.04. The fourth-order valence-electron chi connectivity index (χ4n) is 2.70. The Morgan fingerprint density at radius 3 is 2.82 bits per heavy atom. The van der Waals surface area contributed by atoms with E-state index in [0.29, 0.717) is 34.4 Å². The lowest BCUT2D eigenvalue weighted by atomic mass is 10.2. The average molecular weight is 484 g/mol. The molecule has 0 aliphatic heterocycles. The molecule has 3 aromatic rings. The molecular weight excluding hydrogens is 464 g/mol. The van der Waals surface area contributed by atoms with Crippen LogP contribution in [0.25, 0.3) is 0 Å². The Morgan fingerprint density at radius 2 is 2.11 bits per heavy atom. The molecule has 2 aromatic carbocycles. The van der Waals surface area contributed by atoms with Crippen molar-refractivity contribution in [1.29, 1.82) is 0 Å². The number of hydrogen-bond acceptors (Lipinski definition) is 5. The molecule has 0 spiro atoms. The summed E-state index contributed by atoms with van der Waals surface area (Å²) in [6.07, 6.45) is 0.767. The number of ether oxygens (including phenoxy) is 2. The molecule has 0 amide bonds. The minimum atomic E-state index is 0.386. The Bertz CT molecular complexity index is 1020. The van der Waals surface area contributed by atoms with Gasteiger partial charge in [0.15, 0.2) is 17.3 Å². The van der Waals surface area contributed by atoms with E-state index in [1.165, 1.54) is 0 Å². The van der Waals surface area contributed by atoms with Crippen molar-refractivity contribution in [2.45, 2.75) is 26.5 Å². The summed E-state index contributed by atoms with van der Waals surface area (Å²) < 4.78 is 14.6. The lowest BCUT2D eigenvalue weighted by molar-refractivity contribution is 0.282. The molecule has 0 saturated heterocycles. The Hall–Kier alpha value is -2.03. The van der Waals surface area contributed by atoms with Gasteiger partial charge >= 0.3 is 0 Å². The minimum absolute atomic E-state index is 0.386. The summed E-state index contributed by atoms with van der Waals surface area (Å²) in [5.41, 5.74) is 5.26. The smallest absolute Gasteiger partial charge is 0.214 e. The normalized spacial score (nSPS) is 10.7. The SMILES string of the molecule is CCc1n[nH]c(=S)n1NCc1cc(Br)c(OCc2cccc(Cl)c2)c(OC)c1. The summed E-state index contributed by atoms with van der Waals surface area (Å²) in [7, 11) is 1.62. The molecule has 9 heteroatoms. The van der Waals surface area contributed by atoms with E-state index in [4.69, 9.17) is 33.3 Å². The summed E-state index contributed by atoms with van der Waals surface area (Å²) in [6, 6.07) is 11.5. The third-order valence-electron chi connectivity index (χ3n) is 4.06. The molecule has 0 aliphatic rings. The molecule has 28 heavy (non-hydrogen) atoms. The van der Waals surface area contributed by atoms with Crippen molar-refractivity contribution in [3.8, 4) is 11.5 Å². The van der Waals surface area contributed by atoms with Crippen molar-refractivity contribution >= 4 is 39.7 Å². The molecule has 0 saturated carbocycles. The van der Waals surface area contributed by atoms with Gasteiger partial charge in [-0.15, -0.1) is 0 Å². The van der Waals surface area contributed by atoms with Crippen LogP contribution in [-0.2, 0) is 19.6 Å². The van der Waals surface area contributed by atoms with Crippen LogP contribution in [0.15, 0.2) is 40.9 Å². The van der Waals surface area contributed by atoms with E-state index in [9.17, 15) is 0 Å². The summed E-state index contributed by atoms with van der Waals surface area (Å²) >= 11 is 14.9. The molecule has 0 radical (unpaired) electrons. The molecule has 3 rings (SSSR count). The van der Waals surface area contributed by atoms with Crippen molar-refractivity contribution in [3.63, 3.8) is 0 Å². The lowest BCUT2D eigenvalue weighted by Crippen LogP contribution is -2.17. The zero-order valence-corrected chi connectivity index (χ0v) is 18.6. The molecule has 0 unspecified atom stereocenters. The van der Waals surface area contributed by atoms with E-state index >= 15 is 0 Å². The van der Waals surface area contributed by atoms with Crippen molar-refractivity contribution in [1.82, 2.24) is 14.9 Å². The summed E-state index contributed by atoms with van der Waals surface area (Å²) in [5.74, 6) is 2.12. The van der Waals surface area contributed by atoms with E-state index < -0.39 is 0 Å². The van der Waals surface area contributed by atoms with Crippen LogP contribution in [0.3, 0.4) is 0 Å². The Labute approximate surface area is 181 Å². The third-order valence-corrected chi connectivity index (χ3v) is 5.16. The van der Waals surface area contributed by atoms with Crippen LogP contribution < -0.4 is 14.9 Å². The second-order valence-corrected chi connectivity index (χ2v) is 7.67. The van der Waals surface area contributed by atoms with Crippen molar-refractivity contribution < 1.29 is 9.47 Å². The van der Waals surface area contributed by atoms with Crippen LogP contribution in [-0.4, -0.2) is 22.0 Å². The molecule has 1 heterocycles. The molecule has 1 aromatic heterocycles. The van der Waals surface area contributed by atoms with E-state index in [1.54, 1.807) is 11.8 Å². The van der Waals surface area contributed by atoms with Crippen molar-refractivity contribution in [2.75, 3.05) is 12.5 Å². The maximum absolute atomic E-state index is 6.03. The van der Waals surface area contributed by atoms with Gasteiger partial charge in [-0.25, -0.2) is 4.68 Å². The molecule has 6 nitrogen and oxygen atoms in total. The largest absolute Gasteiger partial charge is 0.493 e. The lowest BCUT2D eigenvalue weighted by Gasteiger charge is -2.15. The zero-order chi connectivity index (χ0) is 20.1. The molecule has 0 atom stereocenters. The number of rotatable bonds is 8. The second kappa shape index (κ2) is 9.45. The van der Waals surface area contributed by atoms with Gasteiger partial charge in [0, 0.05) is 11.4 Å². The highest BCUT2D eigenvalue weighted by Gasteiger charge is 2.13. The Balaban J connectivity index is 1.75. The van der Waals surface area contributed by atoms with Crippen LogP contribution in [0, 0.1) is 4.77 Å². The summed E-state index contributed by atoms with van der Waals surface area (Å²) in [5, 5.41) is 7.66. The zero-order valence-electron chi connectivity index (χ0n) is 15.5. The number of aryl methyl sites for hydroxylation is 1. The molecule has 148 valence electrons. The predicted molar refractivity (Wildman–Crippen MR) is 116 cm³/mol. The summed E-state index contributed by atoms with van der Waals surface area (Å²) in [4.78, 5) is 0. The first-order valence-electron chi connectivity index (χ1n) is 8.65. The number of benzene rings is 2. The Morgan fingerprint density at radius 1 is 1.29 bits per heavy atom. The highest BCUT2D eigenvalue weighted by atomic mass is 79.9. The fourth-order valence-corrected chi connectivity index (χ4v) is 3.73. The number of hydrogen-bond donors (Lipinski definition) is 2. The van der Waals surface area contributed by atoms with Gasteiger partial charge in [-0.05, 0) is 63.5 Å². The molecule has 0 fully saturated rings. The van der Waals surface area contributed by atoms with Crippen molar-refractivity contribution in [2.24, 2.45) is 0 Å². The van der Waals surface area contributed by atoms with Crippen LogP contribution in [0.1, 0.15) is 23.9 Å². The van der Waals surface area contributed by atoms with Gasteiger partial charge in [0.2, 0.25) is 4.77 Å². The number of nitrogens with zero attached hydrogens (tertiary/aromatic N) is 2. The predicted octanol–water partition coefficient (Wildman–Crippen LogP) is 5.25. The first kappa shape index (κ1) is 20.7. The van der Waals surface area contributed by atoms with Crippen LogP contribution in [0.5, 0.6) is 11.5 Å². The monoisotopic (exact) mass is 482 g/mol. The topological polar surface area (TPSA) is 64.1 Å². The van der Waals surface area contributed by atoms with Crippen LogP contribution in [0.4, 0.5) is 0 Å². The molecule has 2 N–H and O–H groups in total. The number of methoxy groups -OCH3 is 1. The molecule has 0 bridgehead atoms. The first-order chi connectivity index (χ1) is 13.5. The van der Waals surface area contributed by atoms with Gasteiger partial charge < -0.3 is 14.9 Å². The van der Waals surface area contributed by atoms with Gasteiger partial charge in [-0.3, -0.25) is 5.10 Å².